The highest BCUT2D eigenvalue weighted by Gasteiger charge is 2.31. The van der Waals surface area contributed by atoms with Crippen LogP contribution >= 0.6 is 11.3 Å². The Labute approximate surface area is 154 Å². The second kappa shape index (κ2) is 7.77. The van der Waals surface area contributed by atoms with Crippen molar-refractivity contribution in [3.05, 3.63) is 40.4 Å². The number of rotatable bonds is 4. The van der Waals surface area contributed by atoms with Crippen LogP contribution in [0.2, 0.25) is 0 Å². The third kappa shape index (κ3) is 3.92. The van der Waals surface area contributed by atoms with E-state index >= 15 is 0 Å². The summed E-state index contributed by atoms with van der Waals surface area (Å²) < 4.78 is 32.0. The number of benzene rings is 1. The zero-order chi connectivity index (χ0) is 18.8. The number of hydrogen-bond acceptors (Lipinski definition) is 5. The van der Waals surface area contributed by atoms with Crippen LogP contribution in [0.3, 0.4) is 0 Å². The summed E-state index contributed by atoms with van der Waals surface area (Å²) in [5, 5.41) is 10.1. The number of halogens is 2. The Balaban J connectivity index is 1.87. The van der Waals surface area contributed by atoms with E-state index in [1.54, 1.807) is 18.7 Å². The van der Waals surface area contributed by atoms with Crippen LogP contribution in [0.25, 0.3) is 10.6 Å². The van der Waals surface area contributed by atoms with Gasteiger partial charge in [0.25, 0.3) is 5.91 Å². The van der Waals surface area contributed by atoms with Gasteiger partial charge < -0.3 is 14.7 Å². The van der Waals surface area contributed by atoms with Gasteiger partial charge in [0.15, 0.2) is 11.6 Å². The van der Waals surface area contributed by atoms with Gasteiger partial charge in [0, 0.05) is 12.1 Å². The molecule has 2 aromatic rings. The van der Waals surface area contributed by atoms with Crippen molar-refractivity contribution in [1.82, 2.24) is 9.88 Å². The fourth-order valence-electron chi connectivity index (χ4n) is 2.99. The van der Waals surface area contributed by atoms with Crippen LogP contribution in [0.15, 0.2) is 18.2 Å². The molecular formula is C18H20F2N2O3S. The molecule has 0 aliphatic carbocycles. The number of aromatic nitrogens is 1. The lowest BCUT2D eigenvalue weighted by molar-refractivity contribution is -0.0150. The molecule has 1 aliphatic heterocycles. The molecule has 1 aromatic carbocycles. The Morgan fingerprint density at radius 2 is 2.23 bits per heavy atom. The molecule has 1 N–H and O–H groups in total. The first-order chi connectivity index (χ1) is 12.4. The Morgan fingerprint density at radius 3 is 2.92 bits per heavy atom. The molecule has 5 nitrogen and oxygen atoms in total. The zero-order valence-electron chi connectivity index (χ0n) is 14.5. The molecule has 0 radical (unpaired) electrons. The van der Waals surface area contributed by atoms with Crippen LogP contribution < -0.4 is 0 Å². The summed E-state index contributed by atoms with van der Waals surface area (Å²) in [5.41, 5.74) is 0.973. The minimum atomic E-state index is -0.951. The summed E-state index contributed by atoms with van der Waals surface area (Å²) >= 11 is 1.16. The van der Waals surface area contributed by atoms with Crippen molar-refractivity contribution < 1.29 is 23.4 Å². The smallest absolute Gasteiger partial charge is 0.266 e. The average Bonchev–Trinajstić information content (AvgIpc) is 2.98. The van der Waals surface area contributed by atoms with E-state index in [1.165, 1.54) is 6.07 Å². The number of aryl methyl sites for hydroxylation is 1. The van der Waals surface area contributed by atoms with Gasteiger partial charge in [-0.3, -0.25) is 4.79 Å². The number of nitrogens with zero attached hydrogens (tertiary/aromatic N) is 2. The van der Waals surface area contributed by atoms with Gasteiger partial charge >= 0.3 is 0 Å². The predicted octanol–water partition coefficient (Wildman–Crippen LogP) is 3.01. The Hall–Kier alpha value is -1.90. The first-order valence-electron chi connectivity index (χ1n) is 8.36. The first kappa shape index (κ1) is 18.9. The maximum Gasteiger partial charge on any atom is 0.266 e. The number of amides is 1. The van der Waals surface area contributed by atoms with E-state index in [0.717, 1.165) is 23.5 Å². The molecule has 1 aromatic heterocycles. The lowest BCUT2D eigenvalue weighted by atomic mass is 10.1. The number of hydrogen-bond donors (Lipinski definition) is 1. The number of aliphatic hydroxyl groups is 1. The largest absolute Gasteiger partial charge is 0.393 e. The van der Waals surface area contributed by atoms with E-state index in [4.69, 9.17) is 4.74 Å². The maximum absolute atomic E-state index is 13.5. The van der Waals surface area contributed by atoms with E-state index in [-0.39, 0.29) is 11.9 Å². The lowest BCUT2D eigenvalue weighted by Gasteiger charge is -2.36. The van der Waals surface area contributed by atoms with E-state index in [1.807, 2.05) is 0 Å². The molecule has 1 fully saturated rings. The quantitative estimate of drug-likeness (QED) is 0.883. The van der Waals surface area contributed by atoms with Crippen LogP contribution in [-0.2, 0) is 4.74 Å². The van der Waals surface area contributed by atoms with Crippen molar-refractivity contribution in [2.24, 2.45) is 0 Å². The molecule has 140 valence electrons. The summed E-state index contributed by atoms with van der Waals surface area (Å²) in [7, 11) is 0. The number of carbonyl (C=O) groups excluding carboxylic acids is 1. The van der Waals surface area contributed by atoms with Crippen molar-refractivity contribution in [3.63, 3.8) is 0 Å². The Bertz CT molecular complexity index is 810. The summed E-state index contributed by atoms with van der Waals surface area (Å²) in [6, 6.07) is 3.36. The standard InChI is InChI=1S/C18H20F2N2O3S/c1-10(23)7-13-9-25-6-5-22(13)18(24)16-11(2)21-17(26-16)12-3-4-14(19)15(20)8-12/h3-4,8,10,13,23H,5-7,9H2,1-2H3/t10-,13+/m0/s1. The SMILES string of the molecule is Cc1nc(-c2ccc(F)c(F)c2)sc1C(=O)N1CCOC[C@H]1C[C@H](C)O. The maximum atomic E-state index is 13.5. The van der Waals surface area contributed by atoms with Gasteiger partial charge in [-0.05, 0) is 38.5 Å². The molecule has 1 aliphatic rings. The van der Waals surface area contributed by atoms with E-state index in [0.29, 0.717) is 47.3 Å². The molecule has 2 heterocycles. The second-order valence-corrected chi connectivity index (χ2v) is 7.37. The molecule has 8 heteroatoms. The van der Waals surface area contributed by atoms with Gasteiger partial charge in [0.1, 0.15) is 9.88 Å². The van der Waals surface area contributed by atoms with Gasteiger partial charge in [-0.2, -0.15) is 0 Å². The van der Waals surface area contributed by atoms with Crippen LogP contribution in [0.1, 0.15) is 28.7 Å². The van der Waals surface area contributed by atoms with E-state index < -0.39 is 17.7 Å². The van der Waals surface area contributed by atoms with Gasteiger partial charge in [-0.15, -0.1) is 11.3 Å². The topological polar surface area (TPSA) is 62.7 Å². The van der Waals surface area contributed by atoms with Crippen molar-refractivity contribution in [3.8, 4) is 10.6 Å². The minimum Gasteiger partial charge on any atom is -0.393 e. The third-order valence-electron chi connectivity index (χ3n) is 4.26. The van der Waals surface area contributed by atoms with Gasteiger partial charge in [-0.1, -0.05) is 0 Å². The van der Waals surface area contributed by atoms with Crippen molar-refractivity contribution in [2.45, 2.75) is 32.4 Å². The molecule has 1 amide bonds. The Morgan fingerprint density at radius 1 is 1.46 bits per heavy atom. The molecular weight excluding hydrogens is 362 g/mol. The van der Waals surface area contributed by atoms with E-state index in [2.05, 4.69) is 4.98 Å². The highest BCUT2D eigenvalue weighted by molar-refractivity contribution is 7.17. The van der Waals surface area contributed by atoms with Crippen molar-refractivity contribution >= 4 is 17.2 Å². The molecule has 0 saturated carbocycles. The highest BCUT2D eigenvalue weighted by atomic mass is 32.1. The average molecular weight is 382 g/mol. The van der Waals surface area contributed by atoms with Gasteiger partial charge in [0.2, 0.25) is 0 Å². The summed E-state index contributed by atoms with van der Waals surface area (Å²) in [6.07, 6.45) is -0.114. The monoisotopic (exact) mass is 382 g/mol. The highest BCUT2D eigenvalue weighted by Crippen LogP contribution is 2.30. The Kier molecular flexibility index (Phi) is 5.64. The summed E-state index contributed by atoms with van der Waals surface area (Å²) in [4.78, 5) is 19.5. The number of aliphatic hydroxyl groups excluding tert-OH is 1. The van der Waals surface area contributed by atoms with Crippen LogP contribution in [0.4, 0.5) is 8.78 Å². The first-order valence-corrected chi connectivity index (χ1v) is 9.18. The molecule has 3 rings (SSSR count). The number of carbonyl (C=O) groups is 1. The number of thiazole rings is 1. The molecule has 0 spiro atoms. The van der Waals surface area contributed by atoms with Gasteiger partial charge in [0.05, 0.1) is 31.1 Å². The molecule has 2 atom stereocenters. The van der Waals surface area contributed by atoms with E-state index in [9.17, 15) is 18.7 Å². The second-order valence-electron chi connectivity index (χ2n) is 6.37. The van der Waals surface area contributed by atoms with Crippen molar-refractivity contribution in [1.29, 1.82) is 0 Å². The minimum absolute atomic E-state index is 0.178. The normalized spacial score (nSPS) is 18.8. The number of ether oxygens (including phenoxy) is 1. The van der Waals surface area contributed by atoms with Crippen LogP contribution in [-0.4, -0.2) is 52.8 Å². The van der Waals surface area contributed by atoms with Crippen LogP contribution in [0.5, 0.6) is 0 Å². The predicted molar refractivity (Wildman–Crippen MR) is 94.1 cm³/mol. The fourth-order valence-corrected chi connectivity index (χ4v) is 4.01. The lowest BCUT2D eigenvalue weighted by Crippen LogP contribution is -2.49. The molecule has 0 unspecified atom stereocenters. The molecule has 0 bridgehead atoms. The summed E-state index contributed by atoms with van der Waals surface area (Å²) in [6.45, 7) is 4.65. The summed E-state index contributed by atoms with van der Waals surface area (Å²) in [5.74, 6) is -2.05. The fraction of sp³-hybridized carbons (Fsp3) is 0.444. The van der Waals surface area contributed by atoms with Crippen molar-refractivity contribution in [2.75, 3.05) is 19.8 Å². The van der Waals surface area contributed by atoms with Gasteiger partial charge in [-0.25, -0.2) is 13.8 Å². The molecule has 26 heavy (non-hydrogen) atoms. The number of morpholine rings is 1. The van der Waals surface area contributed by atoms with Crippen LogP contribution in [0, 0.1) is 18.6 Å². The molecule has 1 saturated heterocycles. The third-order valence-corrected chi connectivity index (χ3v) is 5.45. The zero-order valence-corrected chi connectivity index (χ0v) is 15.4.